The van der Waals surface area contributed by atoms with Gasteiger partial charge in [-0.15, -0.1) is 0 Å². The molecule has 0 radical (unpaired) electrons. The molecule has 1 saturated carbocycles. The van der Waals surface area contributed by atoms with E-state index in [9.17, 15) is 23.3 Å². The van der Waals surface area contributed by atoms with Crippen molar-refractivity contribution in [1.82, 2.24) is 10.0 Å². The Balaban J connectivity index is 1.89. The normalized spacial score (nSPS) is 21.1. The molecule has 1 amide bonds. The Labute approximate surface area is 184 Å². The molecule has 1 fully saturated rings. The lowest BCUT2D eigenvalue weighted by molar-refractivity contribution is -0.384. The summed E-state index contributed by atoms with van der Waals surface area (Å²) in [6, 6.07) is 4.78. The molecule has 2 N–H and O–H groups in total. The van der Waals surface area contributed by atoms with Gasteiger partial charge in [-0.2, -0.15) is 0 Å². The van der Waals surface area contributed by atoms with E-state index in [2.05, 4.69) is 10.0 Å². The zero-order valence-electron chi connectivity index (χ0n) is 18.4. The lowest BCUT2D eigenvalue weighted by atomic mass is 9.95. The Hall–Kier alpha value is -2.20. The summed E-state index contributed by atoms with van der Waals surface area (Å²) >= 11 is 0. The summed E-state index contributed by atoms with van der Waals surface area (Å²) in [5.74, 6) is 0. The minimum Gasteiger partial charge on any atom is -0.444 e. The fraction of sp³-hybridized carbons (Fsp3) is 0.667. The Kier molecular flexibility index (Phi) is 8.81. The molecule has 0 aromatic heterocycles. The van der Waals surface area contributed by atoms with E-state index in [0.717, 1.165) is 38.5 Å². The van der Waals surface area contributed by atoms with Gasteiger partial charge in [0.1, 0.15) is 5.60 Å². The van der Waals surface area contributed by atoms with E-state index in [-0.39, 0.29) is 22.7 Å². The first-order chi connectivity index (χ1) is 14.5. The van der Waals surface area contributed by atoms with Crippen molar-refractivity contribution in [1.29, 1.82) is 0 Å². The van der Waals surface area contributed by atoms with E-state index in [0.29, 0.717) is 12.8 Å². The zero-order valence-corrected chi connectivity index (χ0v) is 19.2. The molecule has 0 heterocycles. The van der Waals surface area contributed by atoms with Gasteiger partial charge in [0.2, 0.25) is 10.0 Å². The third-order valence-corrected chi connectivity index (χ3v) is 6.65. The van der Waals surface area contributed by atoms with Gasteiger partial charge < -0.3 is 10.1 Å². The molecule has 174 valence electrons. The van der Waals surface area contributed by atoms with Crippen LogP contribution in [0.1, 0.15) is 72.1 Å². The van der Waals surface area contributed by atoms with Gasteiger partial charge in [-0.1, -0.05) is 25.7 Å². The molecule has 0 unspecified atom stereocenters. The van der Waals surface area contributed by atoms with Crippen molar-refractivity contribution in [3.63, 3.8) is 0 Å². The molecule has 2 rings (SSSR count). The molecule has 10 heteroatoms. The second kappa shape index (κ2) is 10.9. The van der Waals surface area contributed by atoms with Crippen molar-refractivity contribution in [2.75, 3.05) is 0 Å². The van der Waals surface area contributed by atoms with Crippen LogP contribution in [-0.4, -0.2) is 37.1 Å². The second-order valence-electron chi connectivity index (χ2n) is 8.98. The van der Waals surface area contributed by atoms with Crippen molar-refractivity contribution in [3.8, 4) is 0 Å². The second-order valence-corrected chi connectivity index (χ2v) is 10.7. The first kappa shape index (κ1) is 25.1. The molecule has 1 aromatic rings. The molecule has 0 bridgehead atoms. The number of hydrogen-bond donors (Lipinski definition) is 2. The molecule has 0 saturated heterocycles. The van der Waals surface area contributed by atoms with E-state index >= 15 is 0 Å². The summed E-state index contributed by atoms with van der Waals surface area (Å²) in [7, 11) is -3.74. The maximum absolute atomic E-state index is 12.7. The molecule has 9 nitrogen and oxygen atoms in total. The van der Waals surface area contributed by atoms with Crippen LogP contribution in [0.15, 0.2) is 29.2 Å². The largest absolute Gasteiger partial charge is 0.444 e. The molecule has 0 atom stereocenters. The maximum atomic E-state index is 12.7. The standard InChI is InChI=1S/C21H33N3O6S/c1-21(2,3)30-20(25)22-16-8-4-6-10-17(11-7-5-9-16)23-31(28,29)19-14-12-18(13-15-19)24(26)27/h12-17,23H,4-11H2,1-3H3,(H,22,25). The number of nitro groups is 1. The van der Waals surface area contributed by atoms with E-state index < -0.39 is 26.6 Å². The highest BCUT2D eigenvalue weighted by Crippen LogP contribution is 2.21. The number of non-ortho nitro benzene ring substituents is 1. The van der Waals surface area contributed by atoms with E-state index in [1.165, 1.54) is 24.3 Å². The number of carbonyl (C=O) groups excluding carboxylic acids is 1. The highest BCUT2D eigenvalue weighted by Gasteiger charge is 2.23. The minimum atomic E-state index is -3.74. The van der Waals surface area contributed by atoms with Crippen LogP contribution in [0.4, 0.5) is 10.5 Å². The van der Waals surface area contributed by atoms with Crippen molar-refractivity contribution in [2.24, 2.45) is 0 Å². The van der Waals surface area contributed by atoms with Gasteiger partial charge in [0, 0.05) is 24.2 Å². The van der Waals surface area contributed by atoms with Gasteiger partial charge >= 0.3 is 6.09 Å². The van der Waals surface area contributed by atoms with Crippen LogP contribution in [0.2, 0.25) is 0 Å². The van der Waals surface area contributed by atoms with Crippen molar-refractivity contribution in [3.05, 3.63) is 34.4 Å². The number of amides is 1. The van der Waals surface area contributed by atoms with Gasteiger partial charge in [-0.05, 0) is 58.6 Å². The zero-order chi connectivity index (χ0) is 23.1. The monoisotopic (exact) mass is 455 g/mol. The smallest absolute Gasteiger partial charge is 0.407 e. The van der Waals surface area contributed by atoms with Gasteiger partial charge in [0.25, 0.3) is 5.69 Å². The molecule has 0 spiro atoms. The van der Waals surface area contributed by atoms with Gasteiger partial charge in [0.15, 0.2) is 0 Å². The third kappa shape index (κ3) is 8.82. The number of benzene rings is 1. The number of alkyl carbamates (subject to hydrolysis) is 1. The van der Waals surface area contributed by atoms with Gasteiger partial charge in [-0.3, -0.25) is 10.1 Å². The quantitative estimate of drug-likeness (QED) is 0.504. The predicted octanol–water partition coefficient (Wildman–Crippen LogP) is 4.27. The average Bonchev–Trinajstić information content (AvgIpc) is 2.66. The highest BCUT2D eigenvalue weighted by atomic mass is 32.2. The van der Waals surface area contributed by atoms with Crippen molar-refractivity contribution in [2.45, 2.75) is 94.7 Å². The molecule has 31 heavy (non-hydrogen) atoms. The number of ether oxygens (including phenoxy) is 1. The summed E-state index contributed by atoms with van der Waals surface area (Å²) in [5, 5.41) is 13.7. The SMILES string of the molecule is CC(C)(C)OC(=O)NC1CCCCC(NS(=O)(=O)c2ccc([N+](=O)[O-])cc2)CCCC1. The topological polar surface area (TPSA) is 128 Å². The lowest BCUT2D eigenvalue weighted by Gasteiger charge is -2.25. The number of sulfonamides is 1. The fourth-order valence-corrected chi connectivity index (χ4v) is 4.93. The van der Waals surface area contributed by atoms with Crippen molar-refractivity contribution >= 4 is 21.8 Å². The molecule has 1 aromatic carbocycles. The maximum Gasteiger partial charge on any atom is 0.407 e. The van der Waals surface area contributed by atoms with Crippen LogP contribution in [0, 0.1) is 10.1 Å². The Bertz CT molecular complexity index is 837. The van der Waals surface area contributed by atoms with Crippen molar-refractivity contribution < 1.29 is 22.9 Å². The molecular formula is C21H33N3O6S. The van der Waals surface area contributed by atoms with Crippen LogP contribution in [-0.2, 0) is 14.8 Å². The summed E-state index contributed by atoms with van der Waals surface area (Å²) < 4.78 is 33.5. The number of nitrogens with one attached hydrogen (secondary N) is 2. The van der Waals surface area contributed by atoms with E-state index in [1.807, 2.05) is 20.8 Å². The molecular weight excluding hydrogens is 422 g/mol. The Morgan fingerprint density at radius 3 is 1.94 bits per heavy atom. The van der Waals surface area contributed by atoms with Gasteiger partial charge in [0.05, 0.1) is 9.82 Å². The first-order valence-electron chi connectivity index (χ1n) is 10.7. The van der Waals surface area contributed by atoms with Crippen LogP contribution in [0.5, 0.6) is 0 Å². The van der Waals surface area contributed by atoms with Crippen LogP contribution in [0.3, 0.4) is 0 Å². The van der Waals surface area contributed by atoms with E-state index in [1.54, 1.807) is 0 Å². The summed E-state index contributed by atoms with van der Waals surface area (Å²) in [6.45, 7) is 5.49. The lowest BCUT2D eigenvalue weighted by Crippen LogP contribution is -2.39. The fourth-order valence-electron chi connectivity index (χ4n) is 3.62. The summed E-state index contributed by atoms with van der Waals surface area (Å²) in [6.07, 6.45) is 6.05. The summed E-state index contributed by atoms with van der Waals surface area (Å²) in [4.78, 5) is 22.3. The Morgan fingerprint density at radius 1 is 1.00 bits per heavy atom. The van der Waals surface area contributed by atoms with Crippen LogP contribution < -0.4 is 10.0 Å². The highest BCUT2D eigenvalue weighted by molar-refractivity contribution is 7.89. The number of hydrogen-bond acceptors (Lipinski definition) is 6. The predicted molar refractivity (Wildman–Crippen MR) is 117 cm³/mol. The number of rotatable bonds is 5. The summed E-state index contributed by atoms with van der Waals surface area (Å²) in [5.41, 5.74) is -0.680. The number of nitrogens with zero attached hydrogens (tertiary/aromatic N) is 1. The molecule has 1 aliphatic rings. The minimum absolute atomic E-state index is 0.0248. The molecule has 1 aliphatic carbocycles. The third-order valence-electron chi connectivity index (χ3n) is 5.11. The van der Waals surface area contributed by atoms with Crippen LogP contribution in [0.25, 0.3) is 0 Å². The molecule has 0 aliphatic heterocycles. The van der Waals surface area contributed by atoms with Gasteiger partial charge in [-0.25, -0.2) is 17.9 Å². The average molecular weight is 456 g/mol. The number of carbonyl (C=O) groups is 1. The number of nitro benzene ring substituents is 1. The Morgan fingerprint density at radius 2 is 1.48 bits per heavy atom. The first-order valence-corrected chi connectivity index (χ1v) is 12.2. The van der Waals surface area contributed by atoms with Crippen LogP contribution >= 0.6 is 0 Å². The van der Waals surface area contributed by atoms with E-state index in [4.69, 9.17) is 4.74 Å².